The first-order chi connectivity index (χ1) is 9.75. The zero-order chi connectivity index (χ0) is 13.9. The number of hydrogen-bond acceptors (Lipinski definition) is 2. The van der Waals surface area contributed by atoms with E-state index in [2.05, 4.69) is 55.5 Å². The summed E-state index contributed by atoms with van der Waals surface area (Å²) < 4.78 is 0. The minimum atomic E-state index is 0.0994. The van der Waals surface area contributed by atoms with Crippen molar-refractivity contribution in [3.8, 4) is 0 Å². The van der Waals surface area contributed by atoms with Gasteiger partial charge >= 0.3 is 0 Å². The van der Waals surface area contributed by atoms with Gasteiger partial charge < -0.3 is 0 Å². The number of Topliss-reactive ketones (excluding diaryl/α,β-unsaturated/α-hetero) is 1. The molecule has 1 aliphatic heterocycles. The second-order valence-electron chi connectivity index (χ2n) is 5.33. The minimum absolute atomic E-state index is 0.0994. The van der Waals surface area contributed by atoms with Gasteiger partial charge in [-0.05, 0) is 11.1 Å². The number of hydrogen-bond donors (Lipinski definition) is 0. The summed E-state index contributed by atoms with van der Waals surface area (Å²) in [5, 5.41) is 0.549. The van der Waals surface area contributed by atoms with Gasteiger partial charge in [-0.25, -0.2) is 0 Å². The molecule has 0 aliphatic carbocycles. The largest absolute Gasteiger partial charge is 0.299 e. The topological polar surface area (TPSA) is 17.1 Å². The predicted molar refractivity (Wildman–Crippen MR) is 84.7 cm³/mol. The number of benzene rings is 2. The van der Waals surface area contributed by atoms with Crippen LogP contribution in [-0.4, -0.2) is 5.78 Å². The predicted octanol–water partition coefficient (Wildman–Crippen LogP) is 4.81. The second-order valence-corrected chi connectivity index (χ2v) is 6.67. The molecule has 0 amide bonds. The van der Waals surface area contributed by atoms with E-state index < -0.39 is 0 Å². The molecule has 3 atom stereocenters. The van der Waals surface area contributed by atoms with Crippen LogP contribution in [0.3, 0.4) is 0 Å². The van der Waals surface area contributed by atoms with E-state index in [0.717, 1.165) is 0 Å². The summed E-state index contributed by atoms with van der Waals surface area (Å²) in [4.78, 5) is 12.3. The van der Waals surface area contributed by atoms with Crippen LogP contribution >= 0.6 is 11.8 Å². The first kappa shape index (κ1) is 13.4. The van der Waals surface area contributed by atoms with Crippen LogP contribution in [0.25, 0.3) is 0 Å². The molecule has 1 aliphatic rings. The second kappa shape index (κ2) is 5.84. The Labute approximate surface area is 124 Å². The Morgan fingerprint density at radius 3 is 2.05 bits per heavy atom. The van der Waals surface area contributed by atoms with Crippen molar-refractivity contribution in [2.24, 2.45) is 5.92 Å². The summed E-state index contributed by atoms with van der Waals surface area (Å²) in [5.41, 5.74) is 2.53. The molecular formula is C18H18OS. The molecule has 0 aromatic heterocycles. The monoisotopic (exact) mass is 282 g/mol. The normalized spacial score (nSPS) is 26.4. The van der Waals surface area contributed by atoms with Gasteiger partial charge in [-0.15, -0.1) is 11.8 Å². The lowest BCUT2D eigenvalue weighted by Crippen LogP contribution is -2.25. The third kappa shape index (κ3) is 2.66. The van der Waals surface area contributed by atoms with Crippen molar-refractivity contribution in [2.75, 3.05) is 0 Å². The maximum atomic E-state index is 12.3. The Balaban J connectivity index is 1.89. The summed E-state index contributed by atoms with van der Waals surface area (Å²) in [6, 6.07) is 20.8. The molecule has 0 bridgehead atoms. The van der Waals surface area contributed by atoms with E-state index in [1.54, 1.807) is 0 Å². The van der Waals surface area contributed by atoms with Crippen LogP contribution in [0.4, 0.5) is 0 Å². The van der Waals surface area contributed by atoms with E-state index in [4.69, 9.17) is 0 Å². The Morgan fingerprint density at radius 1 is 0.900 bits per heavy atom. The van der Waals surface area contributed by atoms with Gasteiger partial charge in [0.1, 0.15) is 5.78 Å². The lowest BCUT2D eigenvalue weighted by Gasteiger charge is -2.33. The molecule has 1 heterocycles. The zero-order valence-electron chi connectivity index (χ0n) is 11.5. The minimum Gasteiger partial charge on any atom is -0.299 e. The van der Waals surface area contributed by atoms with Gasteiger partial charge in [-0.3, -0.25) is 4.79 Å². The van der Waals surface area contributed by atoms with Gasteiger partial charge in [0.05, 0.1) is 0 Å². The Kier molecular flexibility index (Phi) is 3.93. The smallest absolute Gasteiger partial charge is 0.138 e. The summed E-state index contributed by atoms with van der Waals surface area (Å²) >= 11 is 1.93. The lowest BCUT2D eigenvalue weighted by atomic mass is 9.92. The van der Waals surface area contributed by atoms with Crippen LogP contribution < -0.4 is 0 Å². The van der Waals surface area contributed by atoms with Gasteiger partial charge in [0.2, 0.25) is 0 Å². The number of ketones is 1. The molecule has 0 unspecified atom stereocenters. The lowest BCUT2D eigenvalue weighted by molar-refractivity contribution is -0.122. The number of carbonyl (C=O) groups excluding carboxylic acids is 1. The fourth-order valence-corrected chi connectivity index (χ4v) is 4.38. The summed E-state index contributed by atoms with van der Waals surface area (Å²) in [6.07, 6.45) is 0.652. The maximum absolute atomic E-state index is 12.3. The van der Waals surface area contributed by atoms with Crippen LogP contribution in [0.1, 0.15) is 35.0 Å². The Bertz CT molecular complexity index is 579. The zero-order valence-corrected chi connectivity index (χ0v) is 12.3. The molecule has 1 saturated heterocycles. The first-order valence-electron chi connectivity index (χ1n) is 7.04. The molecular weight excluding hydrogens is 264 g/mol. The van der Waals surface area contributed by atoms with E-state index in [1.807, 2.05) is 23.9 Å². The van der Waals surface area contributed by atoms with E-state index in [1.165, 1.54) is 11.1 Å². The van der Waals surface area contributed by atoms with Crippen molar-refractivity contribution in [3.05, 3.63) is 71.8 Å². The molecule has 102 valence electrons. The Hall–Kier alpha value is -1.54. The molecule has 3 rings (SSSR count). The third-order valence-corrected chi connectivity index (χ3v) is 5.70. The molecule has 20 heavy (non-hydrogen) atoms. The Morgan fingerprint density at radius 2 is 1.45 bits per heavy atom. The van der Waals surface area contributed by atoms with E-state index in [9.17, 15) is 4.79 Å². The van der Waals surface area contributed by atoms with Crippen LogP contribution in [0.5, 0.6) is 0 Å². The van der Waals surface area contributed by atoms with Gasteiger partial charge in [-0.2, -0.15) is 0 Å². The first-order valence-corrected chi connectivity index (χ1v) is 7.98. The van der Waals surface area contributed by atoms with Crippen molar-refractivity contribution in [1.82, 2.24) is 0 Å². The van der Waals surface area contributed by atoms with Gasteiger partial charge in [0, 0.05) is 22.8 Å². The molecule has 2 heteroatoms. The number of carbonyl (C=O) groups is 1. The molecule has 0 spiro atoms. The third-order valence-electron chi connectivity index (χ3n) is 3.96. The van der Waals surface area contributed by atoms with Gasteiger partial charge in [0.15, 0.2) is 0 Å². The highest BCUT2D eigenvalue weighted by atomic mass is 32.2. The van der Waals surface area contributed by atoms with Crippen molar-refractivity contribution in [3.63, 3.8) is 0 Å². The molecule has 0 saturated carbocycles. The summed E-state index contributed by atoms with van der Waals surface area (Å²) in [6.45, 7) is 2.06. The highest BCUT2D eigenvalue weighted by molar-refractivity contribution is 7.99. The molecule has 0 N–H and O–H groups in total. The standard InChI is InChI=1S/C18H18OS/c1-13-16(19)12-17(14-8-4-2-5-9-14)20-18(13)15-10-6-3-7-11-15/h2-11,13,17-18H,12H2,1H3/t13-,17+,18-/m0/s1. The van der Waals surface area contributed by atoms with Crippen molar-refractivity contribution in [2.45, 2.75) is 23.8 Å². The van der Waals surface area contributed by atoms with E-state index in [-0.39, 0.29) is 16.4 Å². The molecule has 2 aromatic carbocycles. The van der Waals surface area contributed by atoms with Crippen LogP contribution in [-0.2, 0) is 4.79 Å². The maximum Gasteiger partial charge on any atom is 0.138 e. The average Bonchev–Trinajstić information content (AvgIpc) is 2.51. The van der Waals surface area contributed by atoms with E-state index in [0.29, 0.717) is 12.2 Å². The number of rotatable bonds is 2. The SMILES string of the molecule is C[C@H]1C(=O)C[C@H](c2ccccc2)S[C@@H]1c1ccccc1. The number of thioether (sulfide) groups is 1. The van der Waals surface area contributed by atoms with Gasteiger partial charge in [-0.1, -0.05) is 67.6 Å². The van der Waals surface area contributed by atoms with Crippen LogP contribution in [0.15, 0.2) is 60.7 Å². The van der Waals surface area contributed by atoms with Crippen LogP contribution in [0, 0.1) is 5.92 Å². The van der Waals surface area contributed by atoms with Crippen LogP contribution in [0.2, 0.25) is 0 Å². The quantitative estimate of drug-likeness (QED) is 0.786. The summed E-state index contributed by atoms with van der Waals surface area (Å²) in [7, 11) is 0. The fourth-order valence-electron chi connectivity index (χ4n) is 2.75. The highest BCUT2D eigenvalue weighted by Crippen LogP contribution is 2.51. The molecule has 1 fully saturated rings. The van der Waals surface area contributed by atoms with Gasteiger partial charge in [0.25, 0.3) is 0 Å². The average molecular weight is 282 g/mol. The summed E-state index contributed by atoms with van der Waals surface area (Å²) in [5.74, 6) is 0.480. The highest BCUT2D eigenvalue weighted by Gasteiger charge is 2.35. The molecule has 2 aromatic rings. The van der Waals surface area contributed by atoms with Crippen molar-refractivity contribution >= 4 is 17.5 Å². The fraction of sp³-hybridized carbons (Fsp3) is 0.278. The van der Waals surface area contributed by atoms with Crippen molar-refractivity contribution < 1.29 is 4.79 Å². The molecule has 0 radical (unpaired) electrons. The van der Waals surface area contributed by atoms with Crippen molar-refractivity contribution in [1.29, 1.82) is 0 Å². The van der Waals surface area contributed by atoms with E-state index >= 15 is 0 Å². The molecule has 1 nitrogen and oxygen atoms in total.